The number of ether oxygens (including phenoxy) is 1. The van der Waals surface area contributed by atoms with E-state index in [1.807, 2.05) is 12.1 Å². The third-order valence-corrected chi connectivity index (χ3v) is 5.97. The number of thiophene rings is 1. The van der Waals surface area contributed by atoms with Gasteiger partial charge in [-0.25, -0.2) is 9.31 Å². The Morgan fingerprint density at radius 1 is 1.19 bits per heavy atom. The minimum absolute atomic E-state index is 0.250. The maximum absolute atomic E-state index is 12.9. The molecule has 0 radical (unpaired) electrons. The lowest BCUT2D eigenvalue weighted by atomic mass is 10.2. The van der Waals surface area contributed by atoms with Gasteiger partial charge in [-0.05, 0) is 48.7 Å². The van der Waals surface area contributed by atoms with Gasteiger partial charge in [0, 0.05) is 10.4 Å². The summed E-state index contributed by atoms with van der Waals surface area (Å²) in [5, 5.41) is 8.43. The van der Waals surface area contributed by atoms with E-state index < -0.39 is 5.91 Å². The molecule has 2 N–H and O–H groups in total. The Morgan fingerprint density at radius 3 is 2.87 bits per heavy atom. The van der Waals surface area contributed by atoms with E-state index in [4.69, 9.17) is 4.74 Å². The second-order valence-corrected chi connectivity index (χ2v) is 7.91. The average molecular weight is 432 g/mol. The van der Waals surface area contributed by atoms with Crippen LogP contribution in [0.1, 0.15) is 27.0 Å². The molecule has 5 aromatic rings. The molecular formula is C22H16N4O4S. The van der Waals surface area contributed by atoms with Gasteiger partial charge >= 0.3 is 5.97 Å². The minimum Gasteiger partial charge on any atom is -0.462 e. The van der Waals surface area contributed by atoms with Crippen LogP contribution in [-0.4, -0.2) is 33.1 Å². The number of carbonyl (C=O) groups is 2. The van der Waals surface area contributed by atoms with Crippen molar-refractivity contribution in [2.24, 2.45) is 0 Å². The summed E-state index contributed by atoms with van der Waals surface area (Å²) in [5.41, 5.74) is 1.46. The summed E-state index contributed by atoms with van der Waals surface area (Å²) >= 11 is 1.33. The SMILES string of the molecule is CCOC(=O)c1cc2cc(NC(=O)c3cnn4c3[nH]c(=O)c3ccccc34)ccc2s1. The van der Waals surface area contributed by atoms with Crippen molar-refractivity contribution in [3.05, 3.63) is 75.5 Å². The number of carbonyl (C=O) groups excluding carboxylic acids is 2. The number of para-hydroxylation sites is 1. The van der Waals surface area contributed by atoms with E-state index in [1.165, 1.54) is 17.5 Å². The Labute approximate surface area is 179 Å². The van der Waals surface area contributed by atoms with Crippen LogP contribution < -0.4 is 10.9 Å². The van der Waals surface area contributed by atoms with Crippen molar-refractivity contribution in [1.82, 2.24) is 14.6 Å². The average Bonchev–Trinajstić information content (AvgIpc) is 3.38. The number of amides is 1. The lowest BCUT2D eigenvalue weighted by Crippen LogP contribution is -2.15. The third kappa shape index (κ3) is 3.24. The Balaban J connectivity index is 1.48. The molecule has 0 unspecified atom stereocenters. The largest absolute Gasteiger partial charge is 0.462 e. The first kappa shape index (κ1) is 19.0. The van der Waals surface area contributed by atoms with E-state index in [9.17, 15) is 14.4 Å². The van der Waals surface area contributed by atoms with Gasteiger partial charge in [-0.15, -0.1) is 11.3 Å². The summed E-state index contributed by atoms with van der Waals surface area (Å²) in [5.74, 6) is -0.766. The number of anilines is 1. The molecule has 5 rings (SSSR count). The predicted octanol–water partition coefficient (Wildman–Crippen LogP) is 3.82. The molecule has 1 amide bonds. The van der Waals surface area contributed by atoms with Gasteiger partial charge in [0.05, 0.1) is 23.7 Å². The summed E-state index contributed by atoms with van der Waals surface area (Å²) in [6.07, 6.45) is 1.43. The highest BCUT2D eigenvalue weighted by molar-refractivity contribution is 7.20. The van der Waals surface area contributed by atoms with Gasteiger partial charge in [0.15, 0.2) is 0 Å². The van der Waals surface area contributed by atoms with Gasteiger partial charge in [-0.2, -0.15) is 5.10 Å². The van der Waals surface area contributed by atoms with E-state index in [0.717, 1.165) is 10.1 Å². The molecule has 154 valence electrons. The Kier molecular flexibility index (Phi) is 4.52. The van der Waals surface area contributed by atoms with Crippen molar-refractivity contribution in [2.75, 3.05) is 11.9 Å². The molecule has 0 aliphatic heterocycles. The van der Waals surface area contributed by atoms with Gasteiger partial charge in [-0.1, -0.05) is 12.1 Å². The first-order valence-corrected chi connectivity index (χ1v) is 10.4. The van der Waals surface area contributed by atoms with E-state index in [1.54, 1.807) is 47.8 Å². The minimum atomic E-state index is -0.402. The third-order valence-electron chi connectivity index (χ3n) is 4.87. The molecule has 31 heavy (non-hydrogen) atoms. The zero-order chi connectivity index (χ0) is 21.5. The van der Waals surface area contributed by atoms with Crippen LogP contribution in [0.5, 0.6) is 0 Å². The Hall–Kier alpha value is -3.98. The number of H-pyrrole nitrogens is 1. The first-order valence-electron chi connectivity index (χ1n) is 9.56. The van der Waals surface area contributed by atoms with Crippen LogP contribution in [0.4, 0.5) is 5.69 Å². The summed E-state index contributed by atoms with van der Waals surface area (Å²) in [7, 11) is 0. The van der Waals surface area contributed by atoms with E-state index in [-0.39, 0.29) is 17.1 Å². The van der Waals surface area contributed by atoms with Crippen molar-refractivity contribution in [1.29, 1.82) is 0 Å². The number of hydrogen-bond acceptors (Lipinski definition) is 6. The highest BCUT2D eigenvalue weighted by Gasteiger charge is 2.17. The number of aromatic nitrogens is 3. The zero-order valence-corrected chi connectivity index (χ0v) is 17.2. The fraction of sp³-hybridized carbons (Fsp3) is 0.0909. The number of esters is 1. The molecular weight excluding hydrogens is 416 g/mol. The Bertz CT molecular complexity index is 1550. The van der Waals surface area contributed by atoms with Gasteiger partial charge in [0.2, 0.25) is 0 Å². The first-order chi connectivity index (χ1) is 15.0. The molecule has 0 saturated heterocycles. The smallest absolute Gasteiger partial charge is 0.348 e. The van der Waals surface area contributed by atoms with E-state index in [0.29, 0.717) is 33.7 Å². The molecule has 0 spiro atoms. The summed E-state index contributed by atoms with van der Waals surface area (Å²) < 4.78 is 7.50. The van der Waals surface area contributed by atoms with Crippen LogP contribution >= 0.6 is 11.3 Å². The van der Waals surface area contributed by atoms with Crippen LogP contribution in [0, 0.1) is 0 Å². The van der Waals surface area contributed by atoms with Crippen molar-refractivity contribution < 1.29 is 14.3 Å². The topological polar surface area (TPSA) is 106 Å². The molecule has 3 aromatic heterocycles. The van der Waals surface area contributed by atoms with Crippen molar-refractivity contribution in [2.45, 2.75) is 6.92 Å². The van der Waals surface area contributed by atoms with Gasteiger partial charge < -0.3 is 15.0 Å². The highest BCUT2D eigenvalue weighted by Crippen LogP contribution is 2.29. The molecule has 9 heteroatoms. The fourth-order valence-corrected chi connectivity index (χ4v) is 4.40. The lowest BCUT2D eigenvalue weighted by Gasteiger charge is -2.05. The van der Waals surface area contributed by atoms with Gasteiger partial charge in [-0.3, -0.25) is 9.59 Å². The van der Waals surface area contributed by atoms with E-state index >= 15 is 0 Å². The summed E-state index contributed by atoms with van der Waals surface area (Å²) in [6.45, 7) is 2.07. The second kappa shape index (κ2) is 7.37. The molecule has 0 fully saturated rings. The Morgan fingerprint density at radius 2 is 2.03 bits per heavy atom. The normalized spacial score (nSPS) is 11.3. The molecule has 0 aliphatic rings. The second-order valence-electron chi connectivity index (χ2n) is 6.83. The zero-order valence-electron chi connectivity index (χ0n) is 16.3. The number of hydrogen-bond donors (Lipinski definition) is 2. The van der Waals surface area contributed by atoms with Gasteiger partial charge in [0.1, 0.15) is 16.1 Å². The van der Waals surface area contributed by atoms with Crippen LogP contribution in [0.15, 0.2) is 59.5 Å². The molecule has 8 nitrogen and oxygen atoms in total. The van der Waals surface area contributed by atoms with Crippen molar-refractivity contribution in [3.63, 3.8) is 0 Å². The highest BCUT2D eigenvalue weighted by atomic mass is 32.1. The number of fused-ring (bicyclic) bond motifs is 4. The lowest BCUT2D eigenvalue weighted by molar-refractivity contribution is 0.0532. The van der Waals surface area contributed by atoms with E-state index in [2.05, 4.69) is 15.4 Å². The fourth-order valence-electron chi connectivity index (χ4n) is 3.47. The number of aromatic amines is 1. The van der Waals surface area contributed by atoms with Crippen LogP contribution in [-0.2, 0) is 4.74 Å². The maximum Gasteiger partial charge on any atom is 0.348 e. The van der Waals surface area contributed by atoms with Crippen LogP contribution in [0.25, 0.3) is 26.6 Å². The standard InChI is InChI=1S/C22H16N4O4S/c1-2-30-22(29)18-10-12-9-13(7-8-17(12)31-18)24-21(28)15-11-23-26-16-6-4-3-5-14(16)20(27)25-19(15)26/h3-11H,2H2,1H3,(H,24,28)(H,25,27). The molecule has 0 bridgehead atoms. The number of nitrogens with zero attached hydrogens (tertiary/aromatic N) is 2. The molecule has 0 aliphatic carbocycles. The quantitative estimate of drug-likeness (QED) is 0.420. The molecule has 3 heterocycles. The van der Waals surface area contributed by atoms with Crippen LogP contribution in [0.2, 0.25) is 0 Å². The molecule has 0 atom stereocenters. The number of rotatable bonds is 4. The monoisotopic (exact) mass is 432 g/mol. The summed E-state index contributed by atoms with van der Waals surface area (Å²) in [6, 6.07) is 14.2. The van der Waals surface area contributed by atoms with Crippen molar-refractivity contribution >= 4 is 55.5 Å². The maximum atomic E-state index is 12.9. The van der Waals surface area contributed by atoms with Crippen molar-refractivity contribution in [3.8, 4) is 0 Å². The van der Waals surface area contributed by atoms with Crippen LogP contribution in [0.3, 0.4) is 0 Å². The molecule has 2 aromatic carbocycles. The number of nitrogens with one attached hydrogen (secondary N) is 2. The number of benzene rings is 2. The summed E-state index contributed by atoms with van der Waals surface area (Å²) in [4.78, 5) is 40.5. The molecule has 0 saturated carbocycles. The predicted molar refractivity (Wildman–Crippen MR) is 119 cm³/mol. The van der Waals surface area contributed by atoms with Gasteiger partial charge in [0.25, 0.3) is 11.5 Å².